The van der Waals surface area contributed by atoms with Crippen LogP contribution in [0.4, 0.5) is 0 Å². The summed E-state index contributed by atoms with van der Waals surface area (Å²) < 4.78 is 0. The molecule has 3 aliphatic rings. The van der Waals surface area contributed by atoms with E-state index in [1.165, 1.54) is 63.4 Å². The molecule has 3 saturated heterocycles. The summed E-state index contributed by atoms with van der Waals surface area (Å²) in [6.45, 7) is 5.41. The van der Waals surface area contributed by atoms with Gasteiger partial charge in [0.1, 0.15) is 0 Å². The second kappa shape index (κ2) is 4.64. The Morgan fingerprint density at radius 2 is 1.73 bits per heavy atom. The lowest BCUT2D eigenvalue weighted by Crippen LogP contribution is -2.54. The highest BCUT2D eigenvalue weighted by Gasteiger charge is 2.33. The average Bonchev–Trinajstić information content (AvgIpc) is 2.77. The summed E-state index contributed by atoms with van der Waals surface area (Å²) in [6.07, 6.45) is 5.80. The second-order valence-corrected chi connectivity index (χ2v) is 6.35. The van der Waals surface area contributed by atoms with Gasteiger partial charge in [-0.1, -0.05) is 0 Å². The number of thioether (sulfide) groups is 1. The Labute approximate surface area is 97.4 Å². The Bertz CT molecular complexity index is 216. The van der Waals surface area contributed by atoms with Crippen LogP contribution in [0.15, 0.2) is 0 Å². The fourth-order valence-corrected chi connectivity index (χ4v) is 4.55. The Morgan fingerprint density at radius 3 is 2.60 bits per heavy atom. The van der Waals surface area contributed by atoms with E-state index in [1.54, 1.807) is 0 Å². The molecular weight excluding hydrogens is 204 g/mol. The highest BCUT2D eigenvalue weighted by molar-refractivity contribution is 7.99. The number of hydrogen-bond acceptors (Lipinski definition) is 3. The number of nitrogens with zero attached hydrogens (tertiary/aromatic N) is 2. The summed E-state index contributed by atoms with van der Waals surface area (Å²) in [5, 5.41) is 0. The van der Waals surface area contributed by atoms with Crippen LogP contribution in [0.5, 0.6) is 0 Å². The maximum atomic E-state index is 2.79. The van der Waals surface area contributed by atoms with Gasteiger partial charge in [-0.2, -0.15) is 11.8 Å². The van der Waals surface area contributed by atoms with E-state index >= 15 is 0 Å². The SMILES string of the molecule is C1CSCC(N2CCN3CCCC3C2)C1. The van der Waals surface area contributed by atoms with Gasteiger partial charge in [0.15, 0.2) is 0 Å². The van der Waals surface area contributed by atoms with Gasteiger partial charge in [-0.15, -0.1) is 0 Å². The Morgan fingerprint density at radius 1 is 0.867 bits per heavy atom. The first-order chi connectivity index (χ1) is 7.43. The van der Waals surface area contributed by atoms with Crippen LogP contribution in [0, 0.1) is 0 Å². The molecule has 0 bridgehead atoms. The molecule has 0 radical (unpaired) electrons. The summed E-state index contributed by atoms with van der Waals surface area (Å²) in [5.74, 6) is 2.80. The minimum atomic E-state index is 0.908. The molecule has 2 unspecified atom stereocenters. The van der Waals surface area contributed by atoms with Crippen LogP contribution in [0.1, 0.15) is 25.7 Å². The monoisotopic (exact) mass is 226 g/mol. The first kappa shape index (κ1) is 10.4. The number of rotatable bonds is 1. The van der Waals surface area contributed by atoms with E-state index in [0.717, 1.165) is 12.1 Å². The third kappa shape index (κ3) is 2.20. The van der Waals surface area contributed by atoms with Gasteiger partial charge in [-0.05, 0) is 38.0 Å². The highest BCUT2D eigenvalue weighted by Crippen LogP contribution is 2.27. The molecule has 3 heteroatoms. The standard InChI is InChI=1S/C12H22N2S/c1-3-11-9-14(7-6-13(11)5-1)12-4-2-8-15-10-12/h11-12H,1-10H2. The molecule has 86 valence electrons. The minimum Gasteiger partial charge on any atom is -0.298 e. The molecule has 15 heavy (non-hydrogen) atoms. The Hall–Kier alpha value is 0.270. The van der Waals surface area contributed by atoms with E-state index in [4.69, 9.17) is 0 Å². The van der Waals surface area contributed by atoms with Crippen LogP contribution < -0.4 is 0 Å². The van der Waals surface area contributed by atoms with Gasteiger partial charge in [0.05, 0.1) is 0 Å². The first-order valence-electron chi connectivity index (χ1n) is 6.49. The molecular formula is C12H22N2S. The van der Waals surface area contributed by atoms with E-state index in [0.29, 0.717) is 0 Å². The predicted molar refractivity (Wildman–Crippen MR) is 66.5 cm³/mol. The molecule has 0 saturated carbocycles. The van der Waals surface area contributed by atoms with Gasteiger partial charge in [0.2, 0.25) is 0 Å². The van der Waals surface area contributed by atoms with Crippen molar-refractivity contribution in [2.45, 2.75) is 37.8 Å². The molecule has 0 aliphatic carbocycles. The van der Waals surface area contributed by atoms with E-state index < -0.39 is 0 Å². The number of hydrogen-bond donors (Lipinski definition) is 0. The van der Waals surface area contributed by atoms with E-state index in [9.17, 15) is 0 Å². The van der Waals surface area contributed by atoms with Gasteiger partial charge in [-0.25, -0.2) is 0 Å². The van der Waals surface area contributed by atoms with Crippen molar-refractivity contribution in [3.63, 3.8) is 0 Å². The molecule has 3 rings (SSSR count). The van der Waals surface area contributed by atoms with Crippen molar-refractivity contribution in [1.82, 2.24) is 9.80 Å². The lowest BCUT2D eigenvalue weighted by molar-refractivity contribution is 0.0748. The Kier molecular flexibility index (Phi) is 3.23. The van der Waals surface area contributed by atoms with Gasteiger partial charge >= 0.3 is 0 Å². The zero-order chi connectivity index (χ0) is 10.1. The summed E-state index contributed by atoms with van der Waals surface area (Å²) in [7, 11) is 0. The molecule has 0 aromatic rings. The number of piperazine rings is 1. The topological polar surface area (TPSA) is 6.48 Å². The molecule has 3 heterocycles. The fourth-order valence-electron chi connectivity index (χ4n) is 3.36. The van der Waals surface area contributed by atoms with Crippen molar-refractivity contribution >= 4 is 11.8 Å². The van der Waals surface area contributed by atoms with Crippen molar-refractivity contribution in [3.05, 3.63) is 0 Å². The number of fused-ring (bicyclic) bond motifs is 1. The quantitative estimate of drug-likeness (QED) is 0.671. The van der Waals surface area contributed by atoms with Crippen LogP contribution in [-0.2, 0) is 0 Å². The predicted octanol–water partition coefficient (Wildman–Crippen LogP) is 1.66. The Balaban J connectivity index is 1.58. The molecule has 2 atom stereocenters. The van der Waals surface area contributed by atoms with Crippen LogP contribution in [-0.4, -0.2) is 59.6 Å². The van der Waals surface area contributed by atoms with E-state index in [2.05, 4.69) is 21.6 Å². The maximum absolute atomic E-state index is 2.79. The summed E-state index contributed by atoms with van der Waals surface area (Å²) >= 11 is 2.17. The molecule has 2 nitrogen and oxygen atoms in total. The van der Waals surface area contributed by atoms with Crippen molar-refractivity contribution in [1.29, 1.82) is 0 Å². The minimum absolute atomic E-state index is 0.908. The summed E-state index contributed by atoms with van der Waals surface area (Å²) in [5.41, 5.74) is 0. The van der Waals surface area contributed by atoms with Crippen LogP contribution in [0.3, 0.4) is 0 Å². The largest absolute Gasteiger partial charge is 0.298 e. The summed E-state index contributed by atoms with van der Waals surface area (Å²) in [6, 6.07) is 1.82. The summed E-state index contributed by atoms with van der Waals surface area (Å²) in [4.78, 5) is 5.51. The van der Waals surface area contributed by atoms with E-state index in [-0.39, 0.29) is 0 Å². The molecule has 3 fully saturated rings. The average molecular weight is 226 g/mol. The van der Waals surface area contributed by atoms with Gasteiger partial charge < -0.3 is 0 Å². The van der Waals surface area contributed by atoms with Crippen LogP contribution >= 0.6 is 11.8 Å². The van der Waals surface area contributed by atoms with Crippen LogP contribution in [0.25, 0.3) is 0 Å². The van der Waals surface area contributed by atoms with Crippen molar-refractivity contribution < 1.29 is 0 Å². The van der Waals surface area contributed by atoms with Gasteiger partial charge in [0.25, 0.3) is 0 Å². The van der Waals surface area contributed by atoms with Gasteiger partial charge in [-0.3, -0.25) is 9.80 Å². The highest BCUT2D eigenvalue weighted by atomic mass is 32.2. The lowest BCUT2D eigenvalue weighted by Gasteiger charge is -2.42. The molecule has 0 amide bonds. The lowest BCUT2D eigenvalue weighted by atomic mass is 10.1. The maximum Gasteiger partial charge on any atom is 0.0224 e. The molecule has 0 N–H and O–H groups in total. The van der Waals surface area contributed by atoms with Crippen molar-refractivity contribution in [2.24, 2.45) is 0 Å². The smallest absolute Gasteiger partial charge is 0.0224 e. The normalized spacial score (nSPS) is 39.2. The molecule has 3 aliphatic heterocycles. The molecule has 0 spiro atoms. The third-order valence-electron chi connectivity index (χ3n) is 4.27. The van der Waals surface area contributed by atoms with Crippen LogP contribution in [0.2, 0.25) is 0 Å². The van der Waals surface area contributed by atoms with Gasteiger partial charge in [0, 0.05) is 37.5 Å². The zero-order valence-corrected chi connectivity index (χ0v) is 10.3. The molecule has 0 aromatic carbocycles. The van der Waals surface area contributed by atoms with Crippen molar-refractivity contribution in [3.8, 4) is 0 Å². The fraction of sp³-hybridized carbons (Fsp3) is 1.00. The zero-order valence-electron chi connectivity index (χ0n) is 9.53. The van der Waals surface area contributed by atoms with E-state index in [1.807, 2.05) is 0 Å². The third-order valence-corrected chi connectivity index (χ3v) is 5.47. The van der Waals surface area contributed by atoms with Crippen molar-refractivity contribution in [2.75, 3.05) is 37.7 Å². The second-order valence-electron chi connectivity index (χ2n) is 5.20. The molecule has 0 aromatic heterocycles. The first-order valence-corrected chi connectivity index (χ1v) is 7.65.